The van der Waals surface area contributed by atoms with E-state index in [4.69, 9.17) is 4.74 Å². The van der Waals surface area contributed by atoms with Crippen molar-refractivity contribution in [3.63, 3.8) is 0 Å². The number of hydrogen-bond acceptors (Lipinski definition) is 3. The van der Waals surface area contributed by atoms with Gasteiger partial charge in [-0.2, -0.15) is 0 Å². The maximum atomic E-state index is 11.8. The largest absolute Gasteiger partial charge is 0.493 e. The lowest BCUT2D eigenvalue weighted by molar-refractivity contribution is 0.0993. The lowest BCUT2D eigenvalue weighted by atomic mass is 10.1. The van der Waals surface area contributed by atoms with Crippen molar-refractivity contribution < 1.29 is 9.53 Å². The van der Waals surface area contributed by atoms with Crippen LogP contribution in [0.5, 0.6) is 5.75 Å². The molecule has 0 spiro atoms. The van der Waals surface area contributed by atoms with Gasteiger partial charge in [-0.15, -0.1) is 0 Å². The Morgan fingerprint density at radius 2 is 2.24 bits per heavy atom. The second kappa shape index (κ2) is 5.65. The molecular formula is C13H16BrNO2. The summed E-state index contributed by atoms with van der Waals surface area (Å²) >= 11 is 3.40. The summed E-state index contributed by atoms with van der Waals surface area (Å²) in [6, 6.07) is 5.54. The van der Waals surface area contributed by atoms with Crippen molar-refractivity contribution in [1.29, 1.82) is 0 Å². The van der Waals surface area contributed by atoms with Gasteiger partial charge < -0.3 is 10.1 Å². The number of ether oxygens (including phenoxy) is 1. The predicted molar refractivity (Wildman–Crippen MR) is 70.6 cm³/mol. The van der Waals surface area contributed by atoms with E-state index in [9.17, 15) is 4.79 Å². The van der Waals surface area contributed by atoms with E-state index in [2.05, 4.69) is 21.2 Å². The SMILES string of the molecule is CNCC(=O)c1cc(Br)cc(OCC2CC2)c1. The first kappa shape index (κ1) is 12.6. The van der Waals surface area contributed by atoms with Crippen LogP contribution in [0.3, 0.4) is 0 Å². The minimum absolute atomic E-state index is 0.0741. The van der Waals surface area contributed by atoms with Gasteiger partial charge in [0.25, 0.3) is 0 Å². The van der Waals surface area contributed by atoms with Gasteiger partial charge >= 0.3 is 0 Å². The summed E-state index contributed by atoms with van der Waals surface area (Å²) in [4.78, 5) is 11.8. The molecule has 1 saturated carbocycles. The molecule has 0 unspecified atom stereocenters. The van der Waals surface area contributed by atoms with Crippen molar-refractivity contribution >= 4 is 21.7 Å². The van der Waals surface area contributed by atoms with Crippen molar-refractivity contribution in [2.75, 3.05) is 20.2 Å². The Balaban J connectivity index is 2.07. The quantitative estimate of drug-likeness (QED) is 0.821. The number of Topliss-reactive ketones (excluding diaryl/α,β-unsaturated/α-hetero) is 1. The van der Waals surface area contributed by atoms with E-state index >= 15 is 0 Å². The number of ketones is 1. The third kappa shape index (κ3) is 3.82. The highest BCUT2D eigenvalue weighted by atomic mass is 79.9. The van der Waals surface area contributed by atoms with Gasteiger partial charge in [-0.25, -0.2) is 0 Å². The number of halogens is 1. The Kier molecular flexibility index (Phi) is 4.18. The van der Waals surface area contributed by atoms with Gasteiger partial charge in [0.15, 0.2) is 5.78 Å². The van der Waals surface area contributed by atoms with E-state index in [1.54, 1.807) is 7.05 Å². The van der Waals surface area contributed by atoms with Crippen LogP contribution in [0.2, 0.25) is 0 Å². The Labute approximate surface area is 110 Å². The molecule has 3 nitrogen and oxygen atoms in total. The summed E-state index contributed by atoms with van der Waals surface area (Å²) in [7, 11) is 1.76. The fourth-order valence-electron chi connectivity index (χ4n) is 1.57. The lowest BCUT2D eigenvalue weighted by Gasteiger charge is -2.08. The zero-order valence-corrected chi connectivity index (χ0v) is 11.4. The minimum atomic E-state index is 0.0741. The molecule has 1 aromatic carbocycles. The second-order valence-electron chi connectivity index (χ2n) is 4.38. The van der Waals surface area contributed by atoms with Crippen LogP contribution in [-0.2, 0) is 0 Å². The van der Waals surface area contributed by atoms with E-state index in [-0.39, 0.29) is 5.78 Å². The normalized spacial score (nSPS) is 14.7. The molecule has 1 aliphatic rings. The zero-order chi connectivity index (χ0) is 12.3. The fraction of sp³-hybridized carbons (Fsp3) is 0.462. The van der Waals surface area contributed by atoms with Crippen molar-refractivity contribution in [1.82, 2.24) is 5.32 Å². The highest BCUT2D eigenvalue weighted by Gasteiger charge is 2.22. The van der Waals surface area contributed by atoms with Gasteiger partial charge in [-0.1, -0.05) is 15.9 Å². The number of carbonyl (C=O) groups excluding carboxylic acids is 1. The van der Waals surface area contributed by atoms with Gasteiger partial charge in [0.05, 0.1) is 13.2 Å². The van der Waals surface area contributed by atoms with E-state index in [0.29, 0.717) is 18.0 Å². The summed E-state index contributed by atoms with van der Waals surface area (Å²) < 4.78 is 6.56. The third-order valence-electron chi connectivity index (χ3n) is 2.71. The van der Waals surface area contributed by atoms with E-state index in [0.717, 1.165) is 16.8 Å². The van der Waals surface area contributed by atoms with Crippen LogP contribution in [0, 0.1) is 5.92 Å². The molecule has 4 heteroatoms. The molecule has 1 fully saturated rings. The topological polar surface area (TPSA) is 38.3 Å². The van der Waals surface area contributed by atoms with Crippen LogP contribution in [0.1, 0.15) is 23.2 Å². The monoisotopic (exact) mass is 297 g/mol. The number of rotatable bonds is 6. The van der Waals surface area contributed by atoms with E-state index in [1.807, 2.05) is 18.2 Å². The van der Waals surface area contributed by atoms with Crippen molar-refractivity contribution in [2.45, 2.75) is 12.8 Å². The molecule has 92 valence electrons. The Morgan fingerprint density at radius 3 is 2.88 bits per heavy atom. The van der Waals surface area contributed by atoms with Crippen LogP contribution >= 0.6 is 15.9 Å². The van der Waals surface area contributed by atoms with Crippen LogP contribution < -0.4 is 10.1 Å². The molecule has 2 rings (SSSR count). The molecule has 0 saturated heterocycles. The minimum Gasteiger partial charge on any atom is -0.493 e. The number of hydrogen-bond donors (Lipinski definition) is 1. The second-order valence-corrected chi connectivity index (χ2v) is 5.30. The molecule has 0 bridgehead atoms. The Hall–Kier alpha value is -0.870. The first-order chi connectivity index (χ1) is 8.19. The summed E-state index contributed by atoms with van der Waals surface area (Å²) in [5, 5.41) is 2.86. The molecule has 17 heavy (non-hydrogen) atoms. The van der Waals surface area contributed by atoms with Gasteiger partial charge in [-0.3, -0.25) is 4.79 Å². The fourth-order valence-corrected chi connectivity index (χ4v) is 2.04. The van der Waals surface area contributed by atoms with Crippen molar-refractivity contribution in [2.24, 2.45) is 5.92 Å². The number of benzene rings is 1. The van der Waals surface area contributed by atoms with Crippen LogP contribution in [0.4, 0.5) is 0 Å². The lowest BCUT2D eigenvalue weighted by Crippen LogP contribution is -2.18. The number of likely N-dealkylation sites (N-methyl/N-ethyl adjacent to an activating group) is 1. The molecular weight excluding hydrogens is 282 g/mol. The summed E-state index contributed by atoms with van der Waals surface area (Å²) in [6.07, 6.45) is 2.53. The first-order valence-electron chi connectivity index (χ1n) is 5.80. The number of nitrogens with one attached hydrogen (secondary N) is 1. The maximum Gasteiger partial charge on any atom is 0.176 e. The molecule has 0 amide bonds. The Bertz CT molecular complexity index is 416. The maximum absolute atomic E-state index is 11.8. The zero-order valence-electron chi connectivity index (χ0n) is 9.83. The summed E-state index contributed by atoms with van der Waals surface area (Å²) in [6.45, 7) is 1.11. The van der Waals surface area contributed by atoms with E-state index in [1.165, 1.54) is 12.8 Å². The first-order valence-corrected chi connectivity index (χ1v) is 6.59. The molecule has 0 aromatic heterocycles. The average molecular weight is 298 g/mol. The standard InChI is InChI=1S/C13H16BrNO2/c1-15-7-13(16)10-4-11(14)6-12(5-10)17-8-9-2-3-9/h4-6,9,15H,2-3,7-8H2,1H3. The molecule has 0 aliphatic heterocycles. The number of carbonyl (C=O) groups is 1. The van der Waals surface area contributed by atoms with Crippen molar-refractivity contribution in [3.05, 3.63) is 28.2 Å². The van der Waals surface area contributed by atoms with Crippen LogP contribution in [0.25, 0.3) is 0 Å². The highest BCUT2D eigenvalue weighted by Crippen LogP contribution is 2.30. The Morgan fingerprint density at radius 1 is 1.47 bits per heavy atom. The van der Waals surface area contributed by atoms with Gasteiger partial charge in [-0.05, 0) is 44.0 Å². The molecule has 0 radical (unpaired) electrons. The summed E-state index contributed by atoms with van der Waals surface area (Å²) in [5.41, 5.74) is 0.680. The van der Waals surface area contributed by atoms with Crippen LogP contribution in [-0.4, -0.2) is 26.0 Å². The molecule has 1 aromatic rings. The van der Waals surface area contributed by atoms with Gasteiger partial charge in [0.1, 0.15) is 5.75 Å². The third-order valence-corrected chi connectivity index (χ3v) is 3.17. The molecule has 0 heterocycles. The average Bonchev–Trinajstić information content (AvgIpc) is 3.10. The molecule has 1 N–H and O–H groups in total. The highest BCUT2D eigenvalue weighted by molar-refractivity contribution is 9.10. The molecule has 1 aliphatic carbocycles. The predicted octanol–water partition coefficient (Wildman–Crippen LogP) is 2.64. The summed E-state index contributed by atoms with van der Waals surface area (Å²) in [5.74, 6) is 1.56. The van der Waals surface area contributed by atoms with Crippen LogP contribution in [0.15, 0.2) is 22.7 Å². The van der Waals surface area contributed by atoms with Crippen molar-refractivity contribution in [3.8, 4) is 5.75 Å². The van der Waals surface area contributed by atoms with Gasteiger partial charge in [0.2, 0.25) is 0 Å². The molecule has 0 atom stereocenters. The van der Waals surface area contributed by atoms with Gasteiger partial charge in [0, 0.05) is 10.0 Å². The van der Waals surface area contributed by atoms with E-state index < -0.39 is 0 Å². The smallest absolute Gasteiger partial charge is 0.176 e.